The second kappa shape index (κ2) is 4.83. The lowest BCUT2D eigenvalue weighted by Crippen LogP contribution is -2.15. The normalized spacial score (nSPS) is 11.9. The van der Waals surface area contributed by atoms with Crippen molar-refractivity contribution in [1.82, 2.24) is 4.98 Å². The van der Waals surface area contributed by atoms with Gasteiger partial charge in [0.15, 0.2) is 5.82 Å². The van der Waals surface area contributed by atoms with E-state index in [9.17, 15) is 31.1 Å². The summed E-state index contributed by atoms with van der Waals surface area (Å²) in [4.78, 5) is 13.0. The third-order valence-corrected chi connectivity index (χ3v) is 1.90. The molecule has 0 aliphatic carbocycles. The predicted molar refractivity (Wildman–Crippen MR) is 45.5 cm³/mol. The van der Waals surface area contributed by atoms with E-state index in [0.29, 0.717) is 0 Å². The van der Waals surface area contributed by atoms with Crippen molar-refractivity contribution < 1.29 is 36.2 Å². The number of aromatic nitrogens is 1. The van der Waals surface area contributed by atoms with E-state index in [2.05, 4.69) is 4.98 Å². The van der Waals surface area contributed by atoms with E-state index in [1.165, 1.54) is 0 Å². The minimum atomic E-state index is -5.06. The maximum absolute atomic E-state index is 13.3. The van der Waals surface area contributed by atoms with Crippen molar-refractivity contribution in [1.29, 1.82) is 0 Å². The number of alkyl halides is 5. The highest BCUT2D eigenvalue weighted by molar-refractivity contribution is 5.69. The second-order valence-electron chi connectivity index (χ2n) is 3.23. The monoisotopic (exact) mass is 273 g/mol. The second-order valence-corrected chi connectivity index (χ2v) is 3.23. The van der Waals surface area contributed by atoms with Gasteiger partial charge in [0, 0.05) is 0 Å². The Morgan fingerprint density at radius 2 is 1.94 bits per heavy atom. The first-order chi connectivity index (χ1) is 8.12. The van der Waals surface area contributed by atoms with Crippen LogP contribution < -0.4 is 0 Å². The quantitative estimate of drug-likeness (QED) is 0.861. The number of hydrogen-bond acceptors (Lipinski definition) is 2. The van der Waals surface area contributed by atoms with Crippen LogP contribution in [0.25, 0.3) is 0 Å². The van der Waals surface area contributed by atoms with Crippen molar-refractivity contribution in [3.63, 3.8) is 0 Å². The maximum Gasteiger partial charge on any atom is 0.433 e. The van der Waals surface area contributed by atoms with Gasteiger partial charge in [-0.15, -0.1) is 0 Å². The Kier molecular flexibility index (Phi) is 3.82. The topological polar surface area (TPSA) is 50.2 Å². The van der Waals surface area contributed by atoms with Crippen molar-refractivity contribution >= 4 is 5.97 Å². The van der Waals surface area contributed by atoms with E-state index >= 15 is 0 Å². The average Bonchev–Trinajstić information content (AvgIpc) is 2.18. The van der Waals surface area contributed by atoms with Gasteiger partial charge in [0.05, 0.1) is 17.7 Å². The van der Waals surface area contributed by atoms with Gasteiger partial charge in [-0.1, -0.05) is 0 Å². The first-order valence-corrected chi connectivity index (χ1v) is 4.39. The smallest absolute Gasteiger partial charge is 0.433 e. The van der Waals surface area contributed by atoms with Gasteiger partial charge in [-0.25, -0.2) is 18.2 Å². The molecule has 0 aliphatic heterocycles. The van der Waals surface area contributed by atoms with E-state index in [4.69, 9.17) is 5.11 Å². The van der Waals surface area contributed by atoms with Gasteiger partial charge < -0.3 is 5.11 Å². The minimum Gasteiger partial charge on any atom is -0.481 e. The van der Waals surface area contributed by atoms with Crippen LogP contribution in [0, 0.1) is 5.82 Å². The standard InChI is InChI=1S/C9H5F6NO2/c10-7-3(8(11)12)1-5(9(13,14)15)16-4(7)2-6(17)18/h1,8H,2H2,(H,17,18). The van der Waals surface area contributed by atoms with Crippen molar-refractivity contribution in [2.75, 3.05) is 0 Å². The molecule has 0 bridgehead atoms. The molecule has 1 aromatic heterocycles. The number of halogens is 6. The van der Waals surface area contributed by atoms with E-state index in [1.54, 1.807) is 0 Å². The van der Waals surface area contributed by atoms with Gasteiger partial charge in [-0.3, -0.25) is 4.79 Å². The summed E-state index contributed by atoms with van der Waals surface area (Å²) in [5, 5.41) is 8.34. The van der Waals surface area contributed by atoms with Gasteiger partial charge in [0.2, 0.25) is 0 Å². The third kappa shape index (κ3) is 3.11. The van der Waals surface area contributed by atoms with Gasteiger partial charge >= 0.3 is 12.1 Å². The Balaban J connectivity index is 3.41. The zero-order valence-corrected chi connectivity index (χ0v) is 8.43. The molecule has 1 aromatic rings. The van der Waals surface area contributed by atoms with Crippen LogP contribution in [-0.4, -0.2) is 16.1 Å². The molecule has 100 valence electrons. The first kappa shape index (κ1) is 14.3. The lowest BCUT2D eigenvalue weighted by atomic mass is 10.1. The van der Waals surface area contributed by atoms with Crippen LogP contribution in [-0.2, 0) is 17.4 Å². The molecular formula is C9H5F6NO2. The Hall–Kier alpha value is -1.80. The molecule has 3 nitrogen and oxygen atoms in total. The zero-order chi connectivity index (χ0) is 14.1. The molecule has 9 heteroatoms. The molecule has 0 radical (unpaired) electrons. The molecule has 0 spiro atoms. The van der Waals surface area contributed by atoms with Crippen LogP contribution >= 0.6 is 0 Å². The summed E-state index contributed by atoms with van der Waals surface area (Å²) in [6, 6.07) is -0.134. The Morgan fingerprint density at radius 1 is 1.39 bits per heavy atom. The van der Waals surface area contributed by atoms with Crippen LogP contribution in [0.1, 0.15) is 23.4 Å². The van der Waals surface area contributed by atoms with Crippen LogP contribution in [0.15, 0.2) is 6.07 Å². The number of pyridine rings is 1. The fraction of sp³-hybridized carbons (Fsp3) is 0.333. The largest absolute Gasteiger partial charge is 0.481 e. The fourth-order valence-corrected chi connectivity index (χ4v) is 1.17. The molecule has 1 rings (SSSR count). The summed E-state index contributed by atoms with van der Waals surface area (Å²) in [5.74, 6) is -3.42. The summed E-state index contributed by atoms with van der Waals surface area (Å²) in [6.45, 7) is 0. The van der Waals surface area contributed by atoms with Crippen LogP contribution in [0.5, 0.6) is 0 Å². The molecule has 0 saturated carbocycles. The predicted octanol–water partition coefficient (Wildman–Crippen LogP) is 2.80. The lowest BCUT2D eigenvalue weighted by Gasteiger charge is -2.11. The Labute approximate surface area is 96.1 Å². The molecule has 0 aliphatic rings. The Bertz CT molecular complexity index is 471. The summed E-state index contributed by atoms with van der Waals surface area (Å²) in [6.07, 6.45) is -9.78. The van der Waals surface area contributed by atoms with Crippen molar-refractivity contribution in [3.05, 3.63) is 28.8 Å². The van der Waals surface area contributed by atoms with Gasteiger partial charge in [0.25, 0.3) is 6.43 Å². The number of rotatable bonds is 3. The van der Waals surface area contributed by atoms with Gasteiger partial charge in [0.1, 0.15) is 5.69 Å². The van der Waals surface area contributed by atoms with E-state index in [-0.39, 0.29) is 6.07 Å². The van der Waals surface area contributed by atoms with Gasteiger partial charge in [-0.2, -0.15) is 13.2 Å². The van der Waals surface area contributed by atoms with Crippen LogP contribution in [0.2, 0.25) is 0 Å². The molecule has 0 saturated heterocycles. The van der Waals surface area contributed by atoms with Crippen molar-refractivity contribution in [2.45, 2.75) is 19.0 Å². The fourth-order valence-electron chi connectivity index (χ4n) is 1.17. The zero-order valence-electron chi connectivity index (χ0n) is 8.43. The van der Waals surface area contributed by atoms with E-state index < -0.39 is 47.8 Å². The molecular weight excluding hydrogens is 268 g/mol. The molecule has 0 aromatic carbocycles. The average molecular weight is 273 g/mol. The molecule has 0 atom stereocenters. The molecule has 0 fully saturated rings. The van der Waals surface area contributed by atoms with Crippen molar-refractivity contribution in [3.8, 4) is 0 Å². The summed E-state index contributed by atoms with van der Waals surface area (Å²) in [7, 11) is 0. The molecule has 0 amide bonds. The maximum atomic E-state index is 13.3. The number of nitrogens with zero attached hydrogens (tertiary/aromatic N) is 1. The number of hydrogen-bond donors (Lipinski definition) is 1. The molecule has 18 heavy (non-hydrogen) atoms. The SMILES string of the molecule is O=C(O)Cc1nc(C(F)(F)F)cc(C(F)F)c1F. The first-order valence-electron chi connectivity index (χ1n) is 4.39. The number of carbonyl (C=O) groups is 1. The Morgan fingerprint density at radius 3 is 2.33 bits per heavy atom. The summed E-state index contributed by atoms with van der Waals surface area (Å²) < 4.78 is 74.9. The third-order valence-electron chi connectivity index (χ3n) is 1.90. The summed E-state index contributed by atoms with van der Waals surface area (Å²) in [5.41, 5.74) is -4.45. The minimum absolute atomic E-state index is 0.134. The van der Waals surface area contributed by atoms with Crippen molar-refractivity contribution in [2.24, 2.45) is 0 Å². The molecule has 1 N–H and O–H groups in total. The highest BCUT2D eigenvalue weighted by Crippen LogP contribution is 2.32. The number of carboxylic acid groups (broad SMARTS) is 1. The van der Waals surface area contributed by atoms with E-state index in [0.717, 1.165) is 0 Å². The van der Waals surface area contributed by atoms with Crippen LogP contribution in [0.4, 0.5) is 26.3 Å². The highest BCUT2D eigenvalue weighted by Gasteiger charge is 2.35. The van der Waals surface area contributed by atoms with Crippen LogP contribution in [0.3, 0.4) is 0 Å². The molecule has 1 heterocycles. The highest BCUT2D eigenvalue weighted by atomic mass is 19.4. The summed E-state index contributed by atoms with van der Waals surface area (Å²) >= 11 is 0. The van der Waals surface area contributed by atoms with E-state index in [1.807, 2.05) is 0 Å². The number of carboxylic acids is 1. The lowest BCUT2D eigenvalue weighted by molar-refractivity contribution is -0.142. The van der Waals surface area contributed by atoms with Gasteiger partial charge in [-0.05, 0) is 6.07 Å². The molecule has 0 unspecified atom stereocenters. The number of aliphatic carboxylic acids is 1.